The maximum atomic E-state index is 12.9. The summed E-state index contributed by atoms with van der Waals surface area (Å²) in [7, 11) is 0. The highest BCUT2D eigenvalue weighted by molar-refractivity contribution is 5.92. The lowest BCUT2D eigenvalue weighted by Gasteiger charge is -2.34. The molecule has 0 N–H and O–H groups in total. The van der Waals surface area contributed by atoms with Crippen LogP contribution in [0.1, 0.15) is 67.6 Å². The number of likely N-dealkylation sites (N-methyl/N-ethyl adjacent to an activating group) is 1. The molecule has 5 heteroatoms. The molecule has 3 aliphatic rings. The van der Waals surface area contributed by atoms with Crippen LogP contribution in [0.25, 0.3) is 0 Å². The van der Waals surface area contributed by atoms with Crippen molar-refractivity contribution in [1.29, 1.82) is 0 Å². The summed E-state index contributed by atoms with van der Waals surface area (Å²) in [6, 6.07) is 2.77. The molecule has 0 bridgehead atoms. The average molecular weight is 303 g/mol. The number of hydrogen-bond donors (Lipinski definition) is 0. The zero-order chi connectivity index (χ0) is 15.1. The zero-order valence-electron chi connectivity index (χ0n) is 13.3. The zero-order valence-corrected chi connectivity index (χ0v) is 13.3. The number of rotatable bonds is 4. The average Bonchev–Trinajstić information content (AvgIpc) is 3.01. The molecule has 3 fully saturated rings. The van der Waals surface area contributed by atoms with Gasteiger partial charge in [-0.3, -0.25) is 9.69 Å². The van der Waals surface area contributed by atoms with Gasteiger partial charge in [-0.2, -0.15) is 0 Å². The number of carbonyl (C=O) groups is 1. The van der Waals surface area contributed by atoms with Gasteiger partial charge in [0.15, 0.2) is 5.69 Å². The van der Waals surface area contributed by atoms with Crippen LogP contribution in [-0.2, 0) is 0 Å². The molecule has 5 nitrogen and oxygen atoms in total. The van der Waals surface area contributed by atoms with Gasteiger partial charge in [0.1, 0.15) is 5.76 Å². The Kier molecular flexibility index (Phi) is 3.68. The Morgan fingerprint density at radius 3 is 2.77 bits per heavy atom. The largest absolute Gasteiger partial charge is 0.360 e. The van der Waals surface area contributed by atoms with Gasteiger partial charge >= 0.3 is 0 Å². The summed E-state index contributed by atoms with van der Waals surface area (Å²) >= 11 is 0. The van der Waals surface area contributed by atoms with Crippen molar-refractivity contribution in [2.24, 2.45) is 0 Å². The molecular weight excluding hydrogens is 278 g/mol. The maximum Gasteiger partial charge on any atom is 0.276 e. The highest BCUT2D eigenvalue weighted by atomic mass is 16.5. The number of hydrogen-bond acceptors (Lipinski definition) is 4. The minimum Gasteiger partial charge on any atom is -0.360 e. The number of likely N-dealkylation sites (tertiary alicyclic amines) is 2. The molecule has 1 saturated carbocycles. The highest BCUT2D eigenvalue weighted by Gasteiger charge is 2.40. The minimum atomic E-state index is 0.0705. The molecule has 2 saturated heterocycles. The van der Waals surface area contributed by atoms with E-state index in [4.69, 9.17) is 4.52 Å². The topological polar surface area (TPSA) is 49.6 Å². The van der Waals surface area contributed by atoms with Crippen molar-refractivity contribution in [1.82, 2.24) is 15.0 Å². The van der Waals surface area contributed by atoms with Crippen molar-refractivity contribution in [3.05, 3.63) is 17.5 Å². The fourth-order valence-corrected chi connectivity index (χ4v) is 4.22. The first kappa shape index (κ1) is 14.2. The highest BCUT2D eigenvalue weighted by Crippen LogP contribution is 2.40. The molecule has 22 heavy (non-hydrogen) atoms. The molecule has 120 valence electrons. The van der Waals surface area contributed by atoms with Gasteiger partial charge in [-0.05, 0) is 51.6 Å². The standard InChI is InChI=1S/C17H25N3O2/c1-2-19-9-3-5-14(19)15-6-4-10-20(15)17(21)13-11-16(22-18-13)12-7-8-12/h11-12,14-15H,2-10H2,1H3/t14-,15+/m1/s1. The number of carbonyl (C=O) groups excluding carboxylic acids is 1. The van der Waals surface area contributed by atoms with E-state index >= 15 is 0 Å². The predicted octanol–water partition coefficient (Wildman–Crippen LogP) is 2.64. The molecule has 0 unspecified atom stereocenters. The summed E-state index contributed by atoms with van der Waals surface area (Å²) in [5, 5.41) is 4.04. The second-order valence-corrected chi connectivity index (χ2v) is 6.94. The summed E-state index contributed by atoms with van der Waals surface area (Å²) in [6.45, 7) is 5.34. The normalized spacial score (nSPS) is 29.4. The summed E-state index contributed by atoms with van der Waals surface area (Å²) in [5.74, 6) is 1.48. The molecule has 1 amide bonds. The van der Waals surface area contributed by atoms with Gasteiger partial charge in [0.05, 0.1) is 0 Å². The lowest BCUT2D eigenvalue weighted by Crippen LogP contribution is -2.48. The van der Waals surface area contributed by atoms with Crippen LogP contribution in [0.5, 0.6) is 0 Å². The lowest BCUT2D eigenvalue weighted by molar-refractivity contribution is 0.0639. The quantitative estimate of drug-likeness (QED) is 0.858. The fourth-order valence-electron chi connectivity index (χ4n) is 4.22. The van der Waals surface area contributed by atoms with Crippen LogP contribution in [0.2, 0.25) is 0 Å². The first-order valence-electron chi connectivity index (χ1n) is 8.79. The smallest absolute Gasteiger partial charge is 0.276 e. The van der Waals surface area contributed by atoms with Gasteiger partial charge in [0, 0.05) is 30.6 Å². The van der Waals surface area contributed by atoms with Crippen molar-refractivity contribution >= 4 is 5.91 Å². The summed E-state index contributed by atoms with van der Waals surface area (Å²) in [5.41, 5.74) is 0.509. The van der Waals surface area contributed by atoms with E-state index in [9.17, 15) is 4.79 Å². The van der Waals surface area contributed by atoms with Gasteiger partial charge in [-0.25, -0.2) is 0 Å². The molecule has 4 rings (SSSR count). The first-order valence-corrected chi connectivity index (χ1v) is 8.79. The molecule has 1 aromatic heterocycles. The Morgan fingerprint density at radius 1 is 1.23 bits per heavy atom. The summed E-state index contributed by atoms with van der Waals surface area (Å²) in [4.78, 5) is 17.4. The van der Waals surface area contributed by atoms with E-state index < -0.39 is 0 Å². The second kappa shape index (κ2) is 5.69. The molecule has 2 aliphatic heterocycles. The second-order valence-electron chi connectivity index (χ2n) is 6.94. The van der Waals surface area contributed by atoms with Gasteiger partial charge in [0.25, 0.3) is 5.91 Å². The molecule has 1 aromatic rings. The molecule has 0 aromatic carbocycles. The Labute approximate surface area is 131 Å². The number of aromatic nitrogens is 1. The van der Waals surface area contributed by atoms with E-state index in [2.05, 4.69) is 21.9 Å². The van der Waals surface area contributed by atoms with Crippen LogP contribution in [0.15, 0.2) is 10.6 Å². The van der Waals surface area contributed by atoms with Crippen molar-refractivity contribution in [2.45, 2.75) is 63.5 Å². The Bertz CT molecular complexity index is 552. The van der Waals surface area contributed by atoms with Crippen molar-refractivity contribution < 1.29 is 9.32 Å². The van der Waals surface area contributed by atoms with Gasteiger partial charge in [-0.1, -0.05) is 12.1 Å². The molecule has 2 atom stereocenters. The van der Waals surface area contributed by atoms with Gasteiger partial charge < -0.3 is 9.42 Å². The maximum absolute atomic E-state index is 12.9. The summed E-state index contributed by atoms with van der Waals surface area (Å²) in [6.07, 6.45) is 7.05. The van der Waals surface area contributed by atoms with E-state index in [1.54, 1.807) is 0 Å². The third-order valence-electron chi connectivity index (χ3n) is 5.55. The SMILES string of the molecule is CCN1CCC[C@@H]1[C@@H]1CCCN1C(=O)c1cc(C2CC2)on1. The van der Waals surface area contributed by atoms with E-state index in [-0.39, 0.29) is 5.91 Å². The van der Waals surface area contributed by atoms with E-state index in [0.717, 1.165) is 31.7 Å². The van der Waals surface area contributed by atoms with Crippen LogP contribution in [-0.4, -0.2) is 52.6 Å². The van der Waals surface area contributed by atoms with Gasteiger partial charge in [-0.15, -0.1) is 0 Å². The molecular formula is C17H25N3O2. The Morgan fingerprint density at radius 2 is 2.00 bits per heavy atom. The molecule has 0 radical (unpaired) electrons. The monoisotopic (exact) mass is 303 g/mol. The van der Waals surface area contributed by atoms with Crippen LogP contribution in [0, 0.1) is 0 Å². The van der Waals surface area contributed by atoms with Crippen LogP contribution >= 0.6 is 0 Å². The number of amides is 1. The molecule has 3 heterocycles. The first-order chi connectivity index (χ1) is 10.8. The third-order valence-corrected chi connectivity index (χ3v) is 5.55. The van der Waals surface area contributed by atoms with Crippen molar-refractivity contribution in [2.75, 3.05) is 19.6 Å². The predicted molar refractivity (Wildman–Crippen MR) is 82.8 cm³/mol. The van der Waals surface area contributed by atoms with E-state index in [1.165, 1.54) is 32.2 Å². The summed E-state index contributed by atoms with van der Waals surface area (Å²) < 4.78 is 5.36. The Balaban J connectivity index is 1.50. The van der Waals surface area contributed by atoms with E-state index in [0.29, 0.717) is 23.7 Å². The molecule has 1 aliphatic carbocycles. The van der Waals surface area contributed by atoms with E-state index in [1.807, 2.05) is 6.07 Å². The van der Waals surface area contributed by atoms with Crippen LogP contribution in [0.4, 0.5) is 0 Å². The Hall–Kier alpha value is -1.36. The van der Waals surface area contributed by atoms with Crippen molar-refractivity contribution in [3.63, 3.8) is 0 Å². The number of nitrogens with zero attached hydrogens (tertiary/aromatic N) is 3. The van der Waals surface area contributed by atoms with Gasteiger partial charge in [0.2, 0.25) is 0 Å². The third kappa shape index (κ3) is 2.45. The van der Waals surface area contributed by atoms with Crippen molar-refractivity contribution in [3.8, 4) is 0 Å². The minimum absolute atomic E-state index is 0.0705. The lowest BCUT2D eigenvalue weighted by atomic mass is 10.0. The molecule has 0 spiro atoms. The van der Waals surface area contributed by atoms with Crippen LogP contribution in [0.3, 0.4) is 0 Å². The van der Waals surface area contributed by atoms with Crippen LogP contribution < -0.4 is 0 Å². The fraction of sp³-hybridized carbons (Fsp3) is 0.765.